The van der Waals surface area contributed by atoms with E-state index in [4.69, 9.17) is 0 Å². The molecule has 5 heteroatoms. The molecule has 0 aliphatic carbocycles. The van der Waals surface area contributed by atoms with Crippen molar-refractivity contribution in [1.29, 1.82) is 0 Å². The third-order valence-corrected chi connectivity index (χ3v) is 5.04. The van der Waals surface area contributed by atoms with E-state index in [-0.39, 0.29) is 6.04 Å². The summed E-state index contributed by atoms with van der Waals surface area (Å²) in [5.41, 5.74) is 0.810. The number of rotatable bonds is 9. The monoisotopic (exact) mass is 312 g/mol. The number of benzene rings is 1. The quantitative estimate of drug-likeness (QED) is 0.737. The lowest BCUT2D eigenvalue weighted by atomic mass is 10.1. The second kappa shape index (κ2) is 8.51. The Balaban J connectivity index is 2.96. The van der Waals surface area contributed by atoms with Gasteiger partial charge in [0.2, 0.25) is 10.0 Å². The Morgan fingerprint density at radius 1 is 1.14 bits per heavy atom. The molecule has 0 aliphatic rings. The fourth-order valence-electron chi connectivity index (χ4n) is 2.20. The summed E-state index contributed by atoms with van der Waals surface area (Å²) in [6, 6.07) is 7.51. The molecule has 1 rings (SSSR count). The minimum absolute atomic E-state index is 0.00566. The van der Waals surface area contributed by atoms with E-state index >= 15 is 0 Å². The van der Waals surface area contributed by atoms with Gasteiger partial charge in [-0.2, -0.15) is 0 Å². The molecule has 0 fully saturated rings. The zero-order valence-corrected chi connectivity index (χ0v) is 14.3. The first kappa shape index (κ1) is 18.1. The highest BCUT2D eigenvalue weighted by molar-refractivity contribution is 7.89. The molecule has 120 valence electrons. The molecular formula is C16H28N2O2S. The third kappa shape index (κ3) is 5.77. The van der Waals surface area contributed by atoms with Gasteiger partial charge in [-0.1, -0.05) is 52.3 Å². The highest BCUT2D eigenvalue weighted by Crippen LogP contribution is 2.17. The smallest absolute Gasteiger partial charge is 0.241 e. The van der Waals surface area contributed by atoms with Crippen LogP contribution in [0.25, 0.3) is 0 Å². The molecule has 0 heterocycles. The minimum Gasteiger partial charge on any atom is -0.310 e. The summed E-state index contributed by atoms with van der Waals surface area (Å²) in [4.78, 5) is 0.382. The maximum Gasteiger partial charge on any atom is 0.241 e. The van der Waals surface area contributed by atoms with Crippen molar-refractivity contribution < 1.29 is 8.42 Å². The Hall–Kier alpha value is -0.910. The van der Waals surface area contributed by atoms with Crippen LogP contribution in [-0.2, 0) is 16.6 Å². The van der Waals surface area contributed by atoms with Gasteiger partial charge in [-0.15, -0.1) is 0 Å². The number of hydrogen-bond donors (Lipinski definition) is 2. The Kier molecular flexibility index (Phi) is 7.35. The molecule has 1 atom stereocenters. The van der Waals surface area contributed by atoms with Crippen LogP contribution in [0.3, 0.4) is 0 Å². The summed E-state index contributed by atoms with van der Waals surface area (Å²) in [5.74, 6) is 0. The van der Waals surface area contributed by atoms with Crippen LogP contribution in [-0.4, -0.2) is 20.5 Å². The number of hydrogen-bond acceptors (Lipinski definition) is 3. The van der Waals surface area contributed by atoms with Gasteiger partial charge in [0.15, 0.2) is 0 Å². The second-order valence-electron chi connectivity index (χ2n) is 5.66. The lowest BCUT2D eigenvalue weighted by molar-refractivity contribution is 0.510. The molecule has 2 N–H and O–H groups in total. The largest absolute Gasteiger partial charge is 0.310 e. The van der Waals surface area contributed by atoms with E-state index in [0.717, 1.165) is 24.8 Å². The van der Waals surface area contributed by atoms with E-state index in [0.29, 0.717) is 17.5 Å². The maximum absolute atomic E-state index is 12.6. The molecule has 0 saturated carbocycles. The summed E-state index contributed by atoms with van der Waals surface area (Å²) < 4.78 is 28.0. The Morgan fingerprint density at radius 2 is 1.81 bits per heavy atom. The first-order valence-electron chi connectivity index (χ1n) is 7.74. The summed E-state index contributed by atoms with van der Waals surface area (Å²) in [6.45, 7) is 8.72. The van der Waals surface area contributed by atoms with Gasteiger partial charge >= 0.3 is 0 Å². The van der Waals surface area contributed by atoms with Gasteiger partial charge in [0.05, 0.1) is 4.90 Å². The standard InChI is InChI=1S/C16H28N2O2S/c1-5-9-15(6-2)18-21(19,20)16-11-8-7-10-14(16)12-17-13(3)4/h7-8,10-11,13,15,17-18H,5-6,9,12H2,1-4H3. The molecule has 0 saturated heterocycles. The molecule has 1 aromatic rings. The van der Waals surface area contributed by atoms with Crippen molar-refractivity contribution in [2.45, 2.75) is 70.5 Å². The van der Waals surface area contributed by atoms with E-state index in [9.17, 15) is 8.42 Å². The van der Waals surface area contributed by atoms with Crippen molar-refractivity contribution in [3.05, 3.63) is 29.8 Å². The molecule has 0 amide bonds. The molecular weight excluding hydrogens is 284 g/mol. The van der Waals surface area contributed by atoms with Crippen LogP contribution in [0.1, 0.15) is 52.5 Å². The zero-order chi connectivity index (χ0) is 15.9. The highest BCUT2D eigenvalue weighted by atomic mass is 32.2. The van der Waals surface area contributed by atoms with Crippen molar-refractivity contribution in [2.24, 2.45) is 0 Å². The highest BCUT2D eigenvalue weighted by Gasteiger charge is 2.21. The summed E-state index contributed by atoms with van der Waals surface area (Å²) in [7, 11) is -3.46. The predicted molar refractivity (Wildman–Crippen MR) is 87.7 cm³/mol. The molecule has 0 aromatic heterocycles. The van der Waals surface area contributed by atoms with E-state index in [1.807, 2.05) is 32.9 Å². The summed E-state index contributed by atoms with van der Waals surface area (Å²) >= 11 is 0. The number of nitrogens with one attached hydrogen (secondary N) is 2. The Morgan fingerprint density at radius 3 is 2.38 bits per heavy atom. The zero-order valence-electron chi connectivity index (χ0n) is 13.5. The first-order chi connectivity index (χ1) is 9.90. The van der Waals surface area contributed by atoms with Crippen LogP contribution in [0.4, 0.5) is 0 Å². The SMILES string of the molecule is CCCC(CC)NS(=O)(=O)c1ccccc1CNC(C)C. The maximum atomic E-state index is 12.6. The Bertz CT molecular complexity index is 527. The molecule has 0 bridgehead atoms. The molecule has 0 radical (unpaired) electrons. The molecule has 0 aliphatic heterocycles. The average Bonchev–Trinajstić information content (AvgIpc) is 2.44. The fraction of sp³-hybridized carbons (Fsp3) is 0.625. The van der Waals surface area contributed by atoms with Crippen LogP contribution in [0.5, 0.6) is 0 Å². The lowest BCUT2D eigenvalue weighted by Gasteiger charge is -2.18. The van der Waals surface area contributed by atoms with Crippen LogP contribution in [0, 0.1) is 0 Å². The third-order valence-electron chi connectivity index (χ3n) is 3.41. The van der Waals surface area contributed by atoms with Crippen molar-refractivity contribution in [1.82, 2.24) is 10.0 Å². The average molecular weight is 312 g/mol. The van der Waals surface area contributed by atoms with Crippen LogP contribution in [0.2, 0.25) is 0 Å². The van der Waals surface area contributed by atoms with Gasteiger partial charge in [-0.3, -0.25) is 0 Å². The molecule has 1 aromatic carbocycles. The summed E-state index contributed by atoms with van der Waals surface area (Å²) in [6.07, 6.45) is 2.64. The summed E-state index contributed by atoms with van der Waals surface area (Å²) in [5, 5.41) is 3.27. The molecule has 21 heavy (non-hydrogen) atoms. The predicted octanol–water partition coefficient (Wildman–Crippen LogP) is 3.04. The van der Waals surface area contributed by atoms with Crippen molar-refractivity contribution in [3.63, 3.8) is 0 Å². The minimum atomic E-state index is -3.46. The van der Waals surface area contributed by atoms with Crippen molar-refractivity contribution in [2.75, 3.05) is 0 Å². The van der Waals surface area contributed by atoms with Crippen molar-refractivity contribution in [3.8, 4) is 0 Å². The molecule has 1 unspecified atom stereocenters. The van der Waals surface area contributed by atoms with Gasteiger partial charge in [0.25, 0.3) is 0 Å². The first-order valence-corrected chi connectivity index (χ1v) is 9.22. The van der Waals surface area contributed by atoms with E-state index in [2.05, 4.69) is 17.0 Å². The van der Waals surface area contributed by atoms with Gasteiger partial charge < -0.3 is 5.32 Å². The fourth-order valence-corrected chi connectivity index (χ4v) is 3.80. The van der Waals surface area contributed by atoms with Gasteiger partial charge in [-0.25, -0.2) is 13.1 Å². The molecule has 4 nitrogen and oxygen atoms in total. The normalized spacial score (nSPS) is 13.6. The van der Waals surface area contributed by atoms with Crippen molar-refractivity contribution >= 4 is 10.0 Å². The number of sulfonamides is 1. The van der Waals surface area contributed by atoms with E-state index in [1.54, 1.807) is 12.1 Å². The van der Waals surface area contributed by atoms with E-state index < -0.39 is 10.0 Å². The molecule has 0 spiro atoms. The van der Waals surface area contributed by atoms with Crippen LogP contribution in [0.15, 0.2) is 29.2 Å². The van der Waals surface area contributed by atoms with Gasteiger partial charge in [0, 0.05) is 18.6 Å². The van der Waals surface area contributed by atoms with Crippen LogP contribution < -0.4 is 10.0 Å². The Labute approximate surface area is 129 Å². The lowest BCUT2D eigenvalue weighted by Crippen LogP contribution is -2.35. The second-order valence-corrected chi connectivity index (χ2v) is 7.34. The van der Waals surface area contributed by atoms with Crippen LogP contribution >= 0.6 is 0 Å². The van der Waals surface area contributed by atoms with Gasteiger partial charge in [0.1, 0.15) is 0 Å². The van der Waals surface area contributed by atoms with Gasteiger partial charge in [-0.05, 0) is 24.5 Å². The van der Waals surface area contributed by atoms with E-state index in [1.165, 1.54) is 0 Å². The topological polar surface area (TPSA) is 58.2 Å².